The molecule has 0 amide bonds. The fraction of sp³-hybridized carbons (Fsp3) is 0. The van der Waals surface area contributed by atoms with Crippen molar-refractivity contribution in [1.82, 2.24) is 0 Å². The second-order valence-electron chi connectivity index (χ2n) is 0. The van der Waals surface area contributed by atoms with Gasteiger partial charge in [-0.25, -0.2) is 0 Å². The van der Waals surface area contributed by atoms with Crippen molar-refractivity contribution >= 4 is 29.6 Å². The standard InChI is InChI=1S/Mn.Na.Ni.Ti. The third-order valence-corrected chi connectivity index (χ3v) is 0. The molecule has 0 nitrogen and oxygen atoms in total. The molecule has 4 heteroatoms. The molecule has 0 aromatic rings. The Hall–Kier alpha value is 2.73. The van der Waals surface area contributed by atoms with Crippen LogP contribution in [0.1, 0.15) is 0 Å². The summed E-state index contributed by atoms with van der Waals surface area (Å²) in [4.78, 5) is 0. The molecular formula is MnNaNiTi. The van der Waals surface area contributed by atoms with Crippen molar-refractivity contribution in [3.63, 3.8) is 0 Å². The molecule has 0 aromatic heterocycles. The molecule has 0 fully saturated rings. The maximum atomic E-state index is 0. The number of hydrogen-bond acceptors (Lipinski definition) is 0. The van der Waals surface area contributed by atoms with Gasteiger partial charge in [-0.2, -0.15) is 0 Å². The zero-order chi connectivity index (χ0) is 0. The van der Waals surface area contributed by atoms with E-state index in [0.717, 1.165) is 0 Å². The SMILES string of the molecule is [Mn].[Na].[Ni].[Ti]. The van der Waals surface area contributed by atoms with Crippen molar-refractivity contribution in [3.05, 3.63) is 0 Å². The summed E-state index contributed by atoms with van der Waals surface area (Å²) in [7, 11) is 0. The average molecular weight is 184 g/mol. The average Bonchev–Trinajstić information content (AvgIpc) is 0. The summed E-state index contributed by atoms with van der Waals surface area (Å²) >= 11 is 0. The van der Waals surface area contributed by atoms with Gasteiger partial charge in [-0.3, -0.25) is 0 Å². The van der Waals surface area contributed by atoms with E-state index in [1.54, 1.807) is 0 Å². The normalized spacial score (nSPS) is 0. The Bertz CT molecular complexity index is 8.00. The molecule has 0 heterocycles. The Balaban J connectivity index is 0. The molecule has 0 spiro atoms. The molecule has 4 heavy (non-hydrogen) atoms. The summed E-state index contributed by atoms with van der Waals surface area (Å²) in [6.45, 7) is 0. The Morgan fingerprint density at radius 1 is 1.00 bits per heavy atom. The van der Waals surface area contributed by atoms with E-state index >= 15 is 0 Å². The second-order valence-corrected chi connectivity index (χ2v) is 0. The smallest absolute Gasteiger partial charge is 0 e. The molecule has 0 aliphatic rings. The van der Waals surface area contributed by atoms with Crippen molar-refractivity contribution in [2.75, 3.05) is 0 Å². The van der Waals surface area contributed by atoms with Gasteiger partial charge < -0.3 is 0 Å². The van der Waals surface area contributed by atoms with E-state index < -0.39 is 0 Å². The molecule has 2 radical (unpaired) electrons. The largest absolute Gasteiger partial charge is 0 e. The van der Waals surface area contributed by atoms with E-state index in [9.17, 15) is 0 Å². The number of hydrogen-bond donors (Lipinski definition) is 0. The van der Waals surface area contributed by atoms with E-state index in [2.05, 4.69) is 0 Å². The minimum absolute atomic E-state index is 0. The zero-order valence-electron chi connectivity index (χ0n) is 2.19. The molecule has 0 aromatic carbocycles. The predicted octanol–water partition coefficient (Wildman–Crippen LogP) is -0.388. The van der Waals surface area contributed by atoms with Crippen LogP contribution in [0.2, 0.25) is 0 Å². The van der Waals surface area contributed by atoms with Crippen LogP contribution in [-0.2, 0) is 55.3 Å². The minimum atomic E-state index is 0. The maximum Gasteiger partial charge on any atom is 0 e. The Labute approximate surface area is 83.4 Å². The van der Waals surface area contributed by atoms with Gasteiger partial charge in [-0.15, -0.1) is 0 Å². The van der Waals surface area contributed by atoms with E-state index in [4.69, 9.17) is 0 Å². The van der Waals surface area contributed by atoms with Gasteiger partial charge in [0, 0.05) is 84.8 Å². The summed E-state index contributed by atoms with van der Waals surface area (Å²) in [5, 5.41) is 0. The van der Waals surface area contributed by atoms with Crippen LogP contribution < -0.4 is 0 Å². The van der Waals surface area contributed by atoms with Crippen LogP contribution >= 0.6 is 0 Å². The van der Waals surface area contributed by atoms with Crippen molar-refractivity contribution in [2.24, 2.45) is 0 Å². The van der Waals surface area contributed by atoms with E-state index in [-0.39, 0.29) is 84.8 Å². The van der Waals surface area contributed by atoms with Crippen molar-refractivity contribution in [3.8, 4) is 0 Å². The van der Waals surface area contributed by atoms with Crippen LogP contribution in [0, 0.1) is 0 Å². The molecule has 22 valence electrons. The fourth-order valence-corrected chi connectivity index (χ4v) is 0. The fourth-order valence-electron chi connectivity index (χ4n) is 0. The monoisotopic (exact) mass is 184 g/mol. The van der Waals surface area contributed by atoms with Crippen LogP contribution in [0.4, 0.5) is 0 Å². The topological polar surface area (TPSA) is 0 Å². The summed E-state index contributed by atoms with van der Waals surface area (Å²) in [5.74, 6) is 0. The first-order chi connectivity index (χ1) is 0. The minimum Gasteiger partial charge on any atom is 0 e. The van der Waals surface area contributed by atoms with Gasteiger partial charge in [0.25, 0.3) is 0 Å². The van der Waals surface area contributed by atoms with E-state index in [1.165, 1.54) is 0 Å². The maximum absolute atomic E-state index is 0. The van der Waals surface area contributed by atoms with Crippen LogP contribution in [0.25, 0.3) is 0 Å². The molecule has 0 aliphatic carbocycles. The van der Waals surface area contributed by atoms with Crippen LogP contribution in [-0.4, -0.2) is 29.6 Å². The summed E-state index contributed by atoms with van der Waals surface area (Å²) in [5.41, 5.74) is 0. The van der Waals surface area contributed by atoms with Gasteiger partial charge in [0.15, 0.2) is 0 Å². The predicted molar refractivity (Wildman–Crippen MR) is 5.75 cm³/mol. The van der Waals surface area contributed by atoms with Crippen LogP contribution in [0.15, 0.2) is 0 Å². The quantitative estimate of drug-likeness (QED) is 0.450. The Morgan fingerprint density at radius 2 is 1.00 bits per heavy atom. The van der Waals surface area contributed by atoms with Crippen molar-refractivity contribution < 1.29 is 55.3 Å². The first-order valence-corrected chi connectivity index (χ1v) is 0. The molecular weight excluding hydrogens is 184 g/mol. The van der Waals surface area contributed by atoms with E-state index in [0.29, 0.717) is 0 Å². The van der Waals surface area contributed by atoms with Crippen LogP contribution in [0.5, 0.6) is 0 Å². The molecule has 0 N–H and O–H groups in total. The van der Waals surface area contributed by atoms with Crippen molar-refractivity contribution in [2.45, 2.75) is 0 Å². The van der Waals surface area contributed by atoms with Gasteiger partial charge in [0.2, 0.25) is 0 Å². The second kappa shape index (κ2) is 17.2. The summed E-state index contributed by atoms with van der Waals surface area (Å²) in [6, 6.07) is 0. The summed E-state index contributed by atoms with van der Waals surface area (Å²) < 4.78 is 0. The molecule has 0 saturated heterocycles. The molecule has 0 atom stereocenters. The van der Waals surface area contributed by atoms with Gasteiger partial charge in [0.05, 0.1) is 0 Å². The van der Waals surface area contributed by atoms with Gasteiger partial charge in [0.1, 0.15) is 0 Å². The first kappa shape index (κ1) is 29.7. The number of rotatable bonds is 0. The third kappa shape index (κ3) is 8.83. The first-order valence-electron chi connectivity index (χ1n) is 0. The van der Waals surface area contributed by atoms with Gasteiger partial charge in [-0.05, 0) is 0 Å². The molecule has 0 saturated carbocycles. The van der Waals surface area contributed by atoms with Crippen molar-refractivity contribution in [1.29, 1.82) is 0 Å². The van der Waals surface area contributed by atoms with Gasteiger partial charge >= 0.3 is 0 Å². The Kier molecular flexibility index (Phi) is 128. The molecule has 0 unspecified atom stereocenters. The Morgan fingerprint density at radius 3 is 1.00 bits per heavy atom. The van der Waals surface area contributed by atoms with Gasteiger partial charge in [-0.1, -0.05) is 0 Å². The third-order valence-electron chi connectivity index (χ3n) is 0. The van der Waals surface area contributed by atoms with E-state index in [1.807, 2.05) is 0 Å². The molecule has 0 aliphatic heterocycles. The molecule has 0 rings (SSSR count). The summed E-state index contributed by atoms with van der Waals surface area (Å²) in [6.07, 6.45) is 0. The zero-order valence-corrected chi connectivity index (χ0v) is 7.92. The molecule has 0 bridgehead atoms. The van der Waals surface area contributed by atoms with Crippen LogP contribution in [0.3, 0.4) is 0 Å².